The molecule has 0 unspecified atom stereocenters. The van der Waals surface area contributed by atoms with Gasteiger partial charge < -0.3 is 20.5 Å². The average molecular weight is 341 g/mol. The first-order valence-electron chi connectivity index (χ1n) is 8.52. The van der Waals surface area contributed by atoms with Gasteiger partial charge in [0.15, 0.2) is 0 Å². The zero-order valence-electron chi connectivity index (χ0n) is 14.2. The highest BCUT2D eigenvalue weighted by Crippen LogP contribution is 2.20. The Morgan fingerprint density at radius 3 is 2.84 bits per heavy atom. The number of aromatic nitrogens is 2. The number of rotatable bonds is 4. The lowest BCUT2D eigenvalue weighted by molar-refractivity contribution is -0.122. The van der Waals surface area contributed by atoms with Crippen LogP contribution >= 0.6 is 0 Å². The van der Waals surface area contributed by atoms with Crippen LogP contribution in [-0.2, 0) is 11.8 Å². The smallest absolute Gasteiger partial charge is 0.316 e. The van der Waals surface area contributed by atoms with Gasteiger partial charge in [-0.25, -0.2) is 9.78 Å². The first-order valence-corrected chi connectivity index (χ1v) is 8.52. The third kappa shape index (κ3) is 4.17. The van der Waals surface area contributed by atoms with Crippen LogP contribution in [0, 0.1) is 0 Å². The highest BCUT2D eigenvalue weighted by atomic mass is 16.2. The third-order valence-electron chi connectivity index (χ3n) is 4.37. The van der Waals surface area contributed by atoms with Crippen LogP contribution < -0.4 is 16.0 Å². The predicted molar refractivity (Wildman–Crippen MR) is 93.8 cm³/mol. The topological polar surface area (TPSA) is 88.1 Å². The molecule has 7 nitrogen and oxygen atoms in total. The van der Waals surface area contributed by atoms with E-state index in [1.807, 2.05) is 48.1 Å². The Hall–Kier alpha value is -2.83. The number of benzene rings is 1. The zero-order valence-corrected chi connectivity index (χ0v) is 14.2. The van der Waals surface area contributed by atoms with E-state index in [1.165, 1.54) is 0 Å². The van der Waals surface area contributed by atoms with E-state index in [0.717, 1.165) is 24.2 Å². The number of carbonyl (C=O) groups excluding carboxylic acids is 2. The maximum atomic E-state index is 12.5. The quantitative estimate of drug-likeness (QED) is 0.787. The molecule has 1 aromatic carbocycles. The number of imidazole rings is 1. The minimum atomic E-state index is -0.500. The number of nitrogens with zero attached hydrogens (tertiary/aromatic N) is 2. The standard InChI is InChI=1S/C18H23N5O2/c1-23-12-11-19-16(23)15(13-7-3-2-4-8-13)22-18(25)21-14-9-5-6-10-20-17(14)24/h2-4,7-8,11-12,14-15H,5-6,9-10H2,1H3,(H,20,24)(H2,21,22,25)/t14-,15+/m1/s1. The van der Waals surface area contributed by atoms with E-state index >= 15 is 0 Å². The van der Waals surface area contributed by atoms with Crippen molar-refractivity contribution >= 4 is 11.9 Å². The Morgan fingerprint density at radius 2 is 2.12 bits per heavy atom. The number of carbonyl (C=O) groups is 2. The molecule has 3 rings (SSSR count). The summed E-state index contributed by atoms with van der Waals surface area (Å²) in [5.41, 5.74) is 0.928. The molecule has 1 aliphatic heterocycles. The van der Waals surface area contributed by atoms with E-state index in [0.29, 0.717) is 13.0 Å². The van der Waals surface area contributed by atoms with Crippen molar-refractivity contribution in [1.82, 2.24) is 25.5 Å². The number of amides is 3. The van der Waals surface area contributed by atoms with Crippen LogP contribution in [0.5, 0.6) is 0 Å². The van der Waals surface area contributed by atoms with Gasteiger partial charge in [0.25, 0.3) is 0 Å². The molecule has 3 amide bonds. The Morgan fingerprint density at radius 1 is 1.32 bits per heavy atom. The van der Waals surface area contributed by atoms with Crippen molar-refractivity contribution < 1.29 is 9.59 Å². The van der Waals surface area contributed by atoms with Crippen LogP contribution in [0.4, 0.5) is 4.79 Å². The van der Waals surface area contributed by atoms with Crippen LogP contribution in [0.3, 0.4) is 0 Å². The number of urea groups is 1. The SMILES string of the molecule is Cn1ccnc1[C@@H](NC(=O)N[C@@H]1CCCCNC1=O)c1ccccc1. The van der Waals surface area contributed by atoms with Crippen molar-refractivity contribution in [1.29, 1.82) is 0 Å². The van der Waals surface area contributed by atoms with Crippen molar-refractivity contribution in [3.8, 4) is 0 Å². The fraction of sp³-hybridized carbons (Fsp3) is 0.389. The van der Waals surface area contributed by atoms with Crippen molar-refractivity contribution in [2.24, 2.45) is 7.05 Å². The van der Waals surface area contributed by atoms with Crippen LogP contribution in [0.25, 0.3) is 0 Å². The van der Waals surface area contributed by atoms with Crippen LogP contribution in [0.15, 0.2) is 42.7 Å². The van der Waals surface area contributed by atoms with Gasteiger partial charge in [0, 0.05) is 26.0 Å². The molecule has 0 bridgehead atoms. The van der Waals surface area contributed by atoms with Crippen LogP contribution in [0.2, 0.25) is 0 Å². The lowest BCUT2D eigenvalue weighted by Gasteiger charge is -2.21. The van der Waals surface area contributed by atoms with E-state index in [9.17, 15) is 9.59 Å². The zero-order chi connectivity index (χ0) is 17.6. The maximum Gasteiger partial charge on any atom is 0.316 e. The van der Waals surface area contributed by atoms with Crippen molar-refractivity contribution in [2.75, 3.05) is 6.54 Å². The van der Waals surface area contributed by atoms with E-state index < -0.39 is 12.1 Å². The van der Waals surface area contributed by atoms with Gasteiger partial charge >= 0.3 is 6.03 Å². The molecule has 0 spiro atoms. The summed E-state index contributed by atoms with van der Waals surface area (Å²) in [5.74, 6) is 0.604. The number of hydrogen-bond donors (Lipinski definition) is 3. The van der Waals surface area contributed by atoms with E-state index in [2.05, 4.69) is 20.9 Å². The summed E-state index contributed by atoms with van der Waals surface area (Å²) in [4.78, 5) is 28.9. The molecular weight excluding hydrogens is 318 g/mol. The molecule has 2 atom stereocenters. The molecule has 2 heterocycles. The fourth-order valence-electron chi connectivity index (χ4n) is 3.01. The molecule has 7 heteroatoms. The highest BCUT2D eigenvalue weighted by Gasteiger charge is 2.25. The Labute approximate surface area is 146 Å². The maximum absolute atomic E-state index is 12.5. The summed E-state index contributed by atoms with van der Waals surface area (Å²) >= 11 is 0. The van der Waals surface area contributed by atoms with Gasteiger partial charge in [0.05, 0.1) is 0 Å². The Kier molecular flexibility index (Phi) is 5.33. The largest absolute Gasteiger partial charge is 0.354 e. The summed E-state index contributed by atoms with van der Waals surface area (Å²) in [6, 6.07) is 8.38. The lowest BCUT2D eigenvalue weighted by atomic mass is 10.1. The molecule has 0 aliphatic carbocycles. The van der Waals surface area contributed by atoms with E-state index in [-0.39, 0.29) is 11.9 Å². The highest BCUT2D eigenvalue weighted by molar-refractivity contribution is 5.87. The molecule has 1 saturated heterocycles. The minimum absolute atomic E-state index is 0.124. The molecule has 1 aliphatic rings. The van der Waals surface area contributed by atoms with Crippen molar-refractivity contribution in [3.05, 3.63) is 54.1 Å². The fourth-order valence-corrected chi connectivity index (χ4v) is 3.01. The molecule has 2 aromatic rings. The second-order valence-electron chi connectivity index (χ2n) is 6.20. The molecule has 0 radical (unpaired) electrons. The van der Waals surface area contributed by atoms with Crippen molar-refractivity contribution in [3.63, 3.8) is 0 Å². The summed E-state index contributed by atoms with van der Waals surface area (Å²) < 4.78 is 1.87. The first-order chi connectivity index (χ1) is 12.1. The van der Waals surface area contributed by atoms with Gasteiger partial charge in [-0.1, -0.05) is 30.3 Å². The summed E-state index contributed by atoms with van der Waals surface area (Å²) in [7, 11) is 1.89. The normalized spacial score (nSPS) is 18.8. The van der Waals surface area contributed by atoms with Gasteiger partial charge in [0.1, 0.15) is 17.9 Å². The van der Waals surface area contributed by atoms with Gasteiger partial charge in [-0.2, -0.15) is 0 Å². The lowest BCUT2D eigenvalue weighted by Crippen LogP contribution is -2.50. The van der Waals surface area contributed by atoms with Gasteiger partial charge in [0.2, 0.25) is 5.91 Å². The first kappa shape index (κ1) is 17.0. The van der Waals surface area contributed by atoms with Gasteiger partial charge in [-0.3, -0.25) is 4.79 Å². The summed E-state index contributed by atoms with van der Waals surface area (Å²) in [5, 5.41) is 8.57. The van der Waals surface area contributed by atoms with Crippen molar-refractivity contribution in [2.45, 2.75) is 31.3 Å². The number of hydrogen-bond acceptors (Lipinski definition) is 3. The molecule has 1 fully saturated rings. The van der Waals surface area contributed by atoms with E-state index in [4.69, 9.17) is 0 Å². The monoisotopic (exact) mass is 341 g/mol. The van der Waals surface area contributed by atoms with Gasteiger partial charge in [-0.15, -0.1) is 0 Å². The number of aryl methyl sites for hydroxylation is 1. The minimum Gasteiger partial charge on any atom is -0.354 e. The molecule has 25 heavy (non-hydrogen) atoms. The molecule has 0 saturated carbocycles. The molecule has 3 N–H and O–H groups in total. The van der Waals surface area contributed by atoms with Crippen LogP contribution in [-0.4, -0.2) is 34.1 Å². The second-order valence-corrected chi connectivity index (χ2v) is 6.20. The predicted octanol–water partition coefficient (Wildman–Crippen LogP) is 1.48. The van der Waals surface area contributed by atoms with E-state index in [1.54, 1.807) is 6.20 Å². The Bertz CT molecular complexity index is 728. The number of nitrogens with one attached hydrogen (secondary N) is 3. The van der Waals surface area contributed by atoms with Crippen LogP contribution in [0.1, 0.15) is 36.7 Å². The molecule has 1 aromatic heterocycles. The average Bonchev–Trinajstić information content (AvgIpc) is 2.94. The third-order valence-corrected chi connectivity index (χ3v) is 4.37. The summed E-state index contributed by atoms with van der Waals surface area (Å²) in [6.45, 7) is 0.665. The second kappa shape index (κ2) is 7.83. The molecular formula is C18H23N5O2. The Balaban J connectivity index is 1.75. The molecule has 132 valence electrons. The van der Waals surface area contributed by atoms with Gasteiger partial charge in [-0.05, 0) is 24.8 Å². The summed E-state index contributed by atoms with van der Waals surface area (Å²) in [6.07, 6.45) is 6.03.